The fourth-order valence-corrected chi connectivity index (χ4v) is 4.04. The monoisotopic (exact) mass is 384 g/mol. The van der Waals surface area contributed by atoms with Crippen molar-refractivity contribution in [3.8, 4) is 0 Å². The second-order valence-electron chi connectivity index (χ2n) is 7.85. The Hall–Kier alpha value is -0.233. The van der Waals surface area contributed by atoms with E-state index in [9.17, 15) is 0 Å². The second kappa shape index (κ2) is 7.12. The van der Waals surface area contributed by atoms with Crippen LogP contribution in [-0.4, -0.2) is 37.4 Å². The summed E-state index contributed by atoms with van der Waals surface area (Å²) in [6.45, 7) is 14.6. The van der Waals surface area contributed by atoms with Crippen molar-refractivity contribution in [3.63, 3.8) is 0 Å². The van der Waals surface area contributed by atoms with Crippen LogP contribution in [0.3, 0.4) is 0 Å². The number of hydrogen-bond donors (Lipinski definition) is 0. The van der Waals surface area contributed by atoms with Crippen LogP contribution in [0, 0.1) is 0 Å². The molecule has 1 aliphatic rings. The van der Waals surface area contributed by atoms with Gasteiger partial charge in [0.05, 0.1) is 0 Å². The molecule has 1 fully saturated rings. The van der Waals surface area contributed by atoms with Crippen molar-refractivity contribution in [1.82, 2.24) is 9.88 Å². The van der Waals surface area contributed by atoms with Crippen LogP contribution in [0.15, 0.2) is 22.9 Å². The molecule has 1 aliphatic heterocycles. The molecule has 1 aromatic heterocycles. The zero-order chi connectivity index (χ0) is 16.4. The zero-order valence-electron chi connectivity index (χ0n) is 14.5. The summed E-state index contributed by atoms with van der Waals surface area (Å²) in [5.41, 5.74) is 1.27. The van der Waals surface area contributed by atoms with Gasteiger partial charge in [-0.3, -0.25) is 9.88 Å². The largest absolute Gasteiger partial charge is 0.415 e. The lowest BCUT2D eigenvalue weighted by Crippen LogP contribution is -2.44. The Morgan fingerprint density at radius 1 is 1.36 bits per heavy atom. The molecule has 0 aromatic carbocycles. The highest BCUT2D eigenvalue weighted by atomic mass is 79.9. The maximum Gasteiger partial charge on any atom is 0.192 e. The van der Waals surface area contributed by atoms with Gasteiger partial charge in [0.15, 0.2) is 8.32 Å². The summed E-state index contributed by atoms with van der Waals surface area (Å²) in [5, 5.41) is 0.282. The van der Waals surface area contributed by atoms with Crippen molar-refractivity contribution in [2.24, 2.45) is 0 Å². The minimum Gasteiger partial charge on any atom is -0.415 e. The molecule has 5 heteroatoms. The average Bonchev–Trinajstić information content (AvgIpc) is 2.82. The van der Waals surface area contributed by atoms with Gasteiger partial charge in [0.2, 0.25) is 0 Å². The van der Waals surface area contributed by atoms with Gasteiger partial charge in [-0.1, -0.05) is 20.8 Å². The Balaban J connectivity index is 1.94. The first-order valence-electron chi connectivity index (χ1n) is 8.16. The zero-order valence-corrected chi connectivity index (χ0v) is 17.1. The van der Waals surface area contributed by atoms with Crippen LogP contribution in [0.4, 0.5) is 0 Å². The lowest BCUT2D eigenvalue weighted by atomic mass is 10.2. The Kier molecular flexibility index (Phi) is 5.86. The van der Waals surface area contributed by atoms with Crippen molar-refractivity contribution in [1.29, 1.82) is 0 Å². The lowest BCUT2D eigenvalue weighted by Gasteiger charge is -2.38. The summed E-state index contributed by atoms with van der Waals surface area (Å²) in [7, 11) is -1.65. The molecule has 0 amide bonds. The molecule has 3 nitrogen and oxygen atoms in total. The van der Waals surface area contributed by atoms with E-state index in [1.165, 1.54) is 18.4 Å². The molecule has 1 aromatic rings. The summed E-state index contributed by atoms with van der Waals surface area (Å²) in [5.74, 6) is 0. The Bertz CT molecular complexity index is 502. The quantitative estimate of drug-likeness (QED) is 0.679. The van der Waals surface area contributed by atoms with Crippen LogP contribution in [0.25, 0.3) is 0 Å². The number of aromatic nitrogens is 1. The molecular weight excluding hydrogens is 356 g/mol. The molecule has 1 unspecified atom stereocenters. The first-order valence-corrected chi connectivity index (χ1v) is 11.9. The van der Waals surface area contributed by atoms with E-state index in [2.05, 4.69) is 65.7 Å². The van der Waals surface area contributed by atoms with Crippen LogP contribution in [0.2, 0.25) is 18.1 Å². The summed E-state index contributed by atoms with van der Waals surface area (Å²) in [4.78, 5) is 6.82. The third-order valence-corrected chi connectivity index (χ3v) is 10.0. The number of hydrogen-bond acceptors (Lipinski definition) is 3. The van der Waals surface area contributed by atoms with Gasteiger partial charge in [0, 0.05) is 36.1 Å². The van der Waals surface area contributed by atoms with E-state index in [1.54, 1.807) is 0 Å². The molecule has 0 radical (unpaired) electrons. The van der Waals surface area contributed by atoms with Crippen molar-refractivity contribution in [2.45, 2.75) is 64.3 Å². The summed E-state index contributed by atoms with van der Waals surface area (Å²) in [6.07, 6.45) is 6.32. The van der Waals surface area contributed by atoms with Gasteiger partial charge in [0.1, 0.15) is 0 Å². The third-order valence-electron chi connectivity index (χ3n) is 5.09. The Morgan fingerprint density at radius 3 is 2.73 bits per heavy atom. The van der Waals surface area contributed by atoms with Gasteiger partial charge in [-0.15, -0.1) is 0 Å². The van der Waals surface area contributed by atoms with Crippen LogP contribution < -0.4 is 0 Å². The Labute approximate surface area is 144 Å². The molecule has 1 saturated heterocycles. The number of halogens is 1. The summed E-state index contributed by atoms with van der Waals surface area (Å²) >= 11 is 3.51. The van der Waals surface area contributed by atoms with Crippen molar-refractivity contribution >= 4 is 24.2 Å². The maximum absolute atomic E-state index is 6.44. The van der Waals surface area contributed by atoms with E-state index in [1.807, 2.05) is 12.4 Å². The smallest absolute Gasteiger partial charge is 0.192 e. The van der Waals surface area contributed by atoms with Gasteiger partial charge in [-0.25, -0.2) is 0 Å². The van der Waals surface area contributed by atoms with Gasteiger partial charge < -0.3 is 4.43 Å². The van der Waals surface area contributed by atoms with E-state index < -0.39 is 8.32 Å². The first kappa shape index (κ1) is 18.1. The highest BCUT2D eigenvalue weighted by molar-refractivity contribution is 9.10. The lowest BCUT2D eigenvalue weighted by molar-refractivity contribution is 0.157. The summed E-state index contributed by atoms with van der Waals surface area (Å²) in [6, 6.07) is 2.71. The van der Waals surface area contributed by atoms with E-state index in [0.29, 0.717) is 6.04 Å². The SMILES string of the molecule is CC(C)(C)[Si](C)(C)OCC1CCCN1Cc1cncc(Br)c1. The first-order chi connectivity index (χ1) is 10.2. The fraction of sp³-hybridized carbons (Fsp3) is 0.706. The second-order valence-corrected chi connectivity index (χ2v) is 13.6. The van der Waals surface area contributed by atoms with Crippen molar-refractivity contribution in [2.75, 3.05) is 13.2 Å². The highest BCUT2D eigenvalue weighted by Gasteiger charge is 2.38. The number of nitrogens with zero attached hydrogens (tertiary/aromatic N) is 2. The molecule has 0 N–H and O–H groups in total. The minimum absolute atomic E-state index is 0.282. The van der Waals surface area contributed by atoms with Crippen LogP contribution >= 0.6 is 15.9 Å². The molecular formula is C17H29BrN2OSi. The molecule has 0 saturated carbocycles. The maximum atomic E-state index is 6.44. The highest BCUT2D eigenvalue weighted by Crippen LogP contribution is 2.37. The van der Waals surface area contributed by atoms with E-state index in [0.717, 1.165) is 24.2 Å². The number of pyridine rings is 1. The van der Waals surface area contributed by atoms with Gasteiger partial charge in [0.25, 0.3) is 0 Å². The Morgan fingerprint density at radius 2 is 2.09 bits per heavy atom. The molecule has 2 heterocycles. The number of rotatable bonds is 5. The standard InChI is InChI=1S/C17H29BrN2OSi/c1-17(2,3)22(4,5)21-13-16-7-6-8-20(16)12-14-9-15(18)11-19-10-14/h9-11,16H,6-8,12-13H2,1-5H3. The molecule has 0 bridgehead atoms. The van der Waals surface area contributed by atoms with Crippen molar-refractivity contribution in [3.05, 3.63) is 28.5 Å². The minimum atomic E-state index is -1.65. The molecule has 124 valence electrons. The summed E-state index contributed by atoms with van der Waals surface area (Å²) < 4.78 is 7.50. The molecule has 0 spiro atoms. The predicted molar refractivity (Wildman–Crippen MR) is 98.5 cm³/mol. The fourth-order valence-electron chi connectivity index (χ4n) is 2.59. The molecule has 0 aliphatic carbocycles. The third kappa shape index (κ3) is 4.63. The van der Waals surface area contributed by atoms with Crippen LogP contribution in [0.5, 0.6) is 0 Å². The van der Waals surface area contributed by atoms with E-state index >= 15 is 0 Å². The van der Waals surface area contributed by atoms with Crippen molar-refractivity contribution < 1.29 is 4.43 Å². The number of likely N-dealkylation sites (tertiary alicyclic amines) is 1. The van der Waals surface area contributed by atoms with Gasteiger partial charge in [-0.05, 0) is 65.1 Å². The topological polar surface area (TPSA) is 25.4 Å². The molecule has 2 rings (SSSR count). The average molecular weight is 385 g/mol. The van der Waals surface area contributed by atoms with Gasteiger partial charge in [-0.2, -0.15) is 0 Å². The van der Waals surface area contributed by atoms with Gasteiger partial charge >= 0.3 is 0 Å². The predicted octanol–water partition coefficient (Wildman–Crippen LogP) is 4.83. The van der Waals surface area contributed by atoms with E-state index in [-0.39, 0.29) is 5.04 Å². The molecule has 1 atom stereocenters. The van der Waals surface area contributed by atoms with Crippen LogP contribution in [-0.2, 0) is 11.0 Å². The van der Waals surface area contributed by atoms with E-state index in [4.69, 9.17) is 4.43 Å². The normalized spacial score (nSPS) is 20.5. The van der Waals surface area contributed by atoms with Crippen LogP contribution in [0.1, 0.15) is 39.2 Å². The molecule has 22 heavy (non-hydrogen) atoms.